The highest BCUT2D eigenvalue weighted by Gasteiger charge is 2.30. The van der Waals surface area contributed by atoms with Gasteiger partial charge in [-0.2, -0.15) is 18.3 Å². The number of hydrazone groups is 1. The van der Waals surface area contributed by atoms with Crippen LogP contribution in [0.5, 0.6) is 0 Å². The quantitative estimate of drug-likeness (QED) is 0.345. The SMILES string of the molecule is NC(N)=[NH+]/N=C(/c1ccc(Cl)cc1)c1ccc(C(F)(F)F)cc1.[Cl-]. The van der Waals surface area contributed by atoms with Crippen LogP contribution in [0.25, 0.3) is 0 Å². The van der Waals surface area contributed by atoms with Gasteiger partial charge in [-0.1, -0.05) is 35.9 Å². The molecule has 0 aliphatic rings. The van der Waals surface area contributed by atoms with Crippen LogP contribution in [0, 0.1) is 0 Å². The van der Waals surface area contributed by atoms with Crippen LogP contribution in [-0.4, -0.2) is 11.7 Å². The maximum Gasteiger partial charge on any atom is 0.416 e. The second-order valence-electron chi connectivity index (χ2n) is 4.61. The van der Waals surface area contributed by atoms with Gasteiger partial charge in [0.15, 0.2) is 0 Å². The largest absolute Gasteiger partial charge is 1.00 e. The first-order valence-electron chi connectivity index (χ1n) is 6.42. The summed E-state index contributed by atoms with van der Waals surface area (Å²) in [4.78, 5) is 0. The van der Waals surface area contributed by atoms with Crippen LogP contribution < -0.4 is 29.0 Å². The average molecular weight is 377 g/mol. The van der Waals surface area contributed by atoms with E-state index in [9.17, 15) is 13.2 Å². The molecule has 0 radical (unpaired) electrons. The lowest BCUT2D eigenvalue weighted by Gasteiger charge is -2.09. The Morgan fingerprint density at radius 1 is 0.917 bits per heavy atom. The smallest absolute Gasteiger partial charge is 0.416 e. The van der Waals surface area contributed by atoms with Crippen LogP contribution in [0.2, 0.25) is 5.02 Å². The number of halogens is 5. The first-order valence-corrected chi connectivity index (χ1v) is 6.80. The zero-order chi connectivity index (χ0) is 17.0. The summed E-state index contributed by atoms with van der Waals surface area (Å²) >= 11 is 5.84. The van der Waals surface area contributed by atoms with Gasteiger partial charge in [-0.3, -0.25) is 11.5 Å². The summed E-state index contributed by atoms with van der Waals surface area (Å²) in [7, 11) is 0. The third-order valence-corrected chi connectivity index (χ3v) is 3.15. The topological polar surface area (TPSA) is 78.4 Å². The highest BCUT2D eigenvalue weighted by Crippen LogP contribution is 2.29. The molecule has 0 unspecified atom stereocenters. The molecule has 4 nitrogen and oxygen atoms in total. The minimum absolute atomic E-state index is 0. The Morgan fingerprint density at radius 2 is 1.38 bits per heavy atom. The van der Waals surface area contributed by atoms with Crippen LogP contribution in [0.1, 0.15) is 16.7 Å². The molecule has 0 aliphatic carbocycles. The molecule has 5 N–H and O–H groups in total. The van der Waals surface area contributed by atoms with Gasteiger partial charge >= 0.3 is 12.1 Å². The maximum absolute atomic E-state index is 12.6. The zero-order valence-electron chi connectivity index (χ0n) is 12.1. The normalized spacial score (nSPS) is 11.6. The van der Waals surface area contributed by atoms with Crippen molar-refractivity contribution < 1.29 is 30.7 Å². The Kier molecular flexibility index (Phi) is 6.62. The van der Waals surface area contributed by atoms with Crippen molar-refractivity contribution in [2.24, 2.45) is 16.6 Å². The van der Waals surface area contributed by atoms with Gasteiger partial charge in [-0.05, 0) is 24.3 Å². The molecule has 0 aliphatic heterocycles. The molecule has 0 amide bonds. The molecule has 9 heteroatoms. The van der Waals surface area contributed by atoms with Gasteiger partial charge in [0, 0.05) is 16.1 Å². The molecular formula is C15H13Cl2F3N4. The van der Waals surface area contributed by atoms with Crippen LogP contribution >= 0.6 is 11.6 Å². The van der Waals surface area contributed by atoms with Gasteiger partial charge < -0.3 is 12.4 Å². The Labute approximate surface area is 147 Å². The van der Waals surface area contributed by atoms with Crippen molar-refractivity contribution in [3.05, 3.63) is 70.2 Å². The predicted molar refractivity (Wildman–Crippen MR) is 82.9 cm³/mol. The lowest BCUT2D eigenvalue weighted by molar-refractivity contribution is -0.464. The molecular weight excluding hydrogens is 364 g/mol. The summed E-state index contributed by atoms with van der Waals surface area (Å²) in [5.41, 5.74) is 11.4. The highest BCUT2D eigenvalue weighted by molar-refractivity contribution is 6.30. The number of hydrogen-bond acceptors (Lipinski definition) is 1. The summed E-state index contributed by atoms with van der Waals surface area (Å²) < 4.78 is 37.9. The summed E-state index contributed by atoms with van der Waals surface area (Å²) in [5, 5.41) is 6.97. The highest BCUT2D eigenvalue weighted by atomic mass is 35.5. The van der Waals surface area contributed by atoms with Crippen LogP contribution in [0.4, 0.5) is 13.2 Å². The van der Waals surface area contributed by atoms with E-state index in [0.29, 0.717) is 21.9 Å². The third kappa shape index (κ3) is 5.14. The fourth-order valence-corrected chi connectivity index (χ4v) is 1.97. The fraction of sp³-hybridized carbons (Fsp3) is 0.0667. The van der Waals surface area contributed by atoms with Crippen molar-refractivity contribution in [2.75, 3.05) is 0 Å². The number of hydrogen-bond donors (Lipinski definition) is 3. The van der Waals surface area contributed by atoms with E-state index in [1.165, 1.54) is 12.1 Å². The van der Waals surface area contributed by atoms with E-state index in [0.717, 1.165) is 12.1 Å². The number of benzene rings is 2. The second-order valence-corrected chi connectivity index (χ2v) is 5.05. The molecule has 0 fully saturated rings. The van der Waals surface area contributed by atoms with Crippen molar-refractivity contribution in [3.63, 3.8) is 0 Å². The van der Waals surface area contributed by atoms with E-state index in [1.54, 1.807) is 24.3 Å². The van der Waals surface area contributed by atoms with Crippen LogP contribution in [-0.2, 0) is 6.18 Å². The minimum Gasteiger partial charge on any atom is -1.00 e. The second kappa shape index (κ2) is 8.03. The molecule has 0 heterocycles. The average Bonchev–Trinajstić information content (AvgIpc) is 2.48. The van der Waals surface area contributed by atoms with E-state index in [4.69, 9.17) is 23.1 Å². The number of rotatable bonds is 3. The van der Waals surface area contributed by atoms with Crippen molar-refractivity contribution in [3.8, 4) is 0 Å². The number of nitrogens with zero attached hydrogens (tertiary/aromatic N) is 1. The summed E-state index contributed by atoms with van der Waals surface area (Å²) in [6, 6.07) is 11.3. The maximum atomic E-state index is 12.6. The van der Waals surface area contributed by atoms with Crippen molar-refractivity contribution in [1.82, 2.24) is 0 Å². The minimum atomic E-state index is -4.40. The molecule has 0 aromatic heterocycles. The molecule has 0 spiro atoms. The Bertz CT molecular complexity index is 735. The van der Waals surface area contributed by atoms with E-state index in [-0.39, 0.29) is 18.4 Å². The standard InChI is InChI=1S/C15H12ClF3N4.ClH/c16-12-7-3-10(4-8-12)13(22-23-14(20)21)9-1-5-11(6-2-9)15(17,18)19;/h1-8H,(H4,20,21,23);1H/b22-13+;. The number of nitrogens with one attached hydrogen (secondary N) is 1. The van der Waals surface area contributed by atoms with Gasteiger partial charge in [0.1, 0.15) is 5.71 Å². The van der Waals surface area contributed by atoms with Gasteiger partial charge in [0.05, 0.1) is 5.56 Å². The van der Waals surface area contributed by atoms with Crippen molar-refractivity contribution in [1.29, 1.82) is 0 Å². The third-order valence-electron chi connectivity index (χ3n) is 2.90. The van der Waals surface area contributed by atoms with Crippen molar-refractivity contribution in [2.45, 2.75) is 6.18 Å². The van der Waals surface area contributed by atoms with Gasteiger partial charge in [-0.15, -0.1) is 5.10 Å². The van der Waals surface area contributed by atoms with Gasteiger partial charge in [-0.25, -0.2) is 0 Å². The van der Waals surface area contributed by atoms with Crippen molar-refractivity contribution >= 4 is 23.3 Å². The Balaban J connectivity index is 0.00000288. The van der Waals surface area contributed by atoms with E-state index in [1.807, 2.05) is 0 Å². The predicted octanol–water partition coefficient (Wildman–Crippen LogP) is -1.53. The molecule has 0 atom stereocenters. The first kappa shape index (κ1) is 19.8. The van der Waals surface area contributed by atoms with E-state index < -0.39 is 11.7 Å². The Hall–Kier alpha value is -2.25. The van der Waals surface area contributed by atoms with Crippen LogP contribution in [0.3, 0.4) is 0 Å². The lowest BCUT2D eigenvalue weighted by atomic mass is 10.0. The zero-order valence-corrected chi connectivity index (χ0v) is 13.6. The van der Waals surface area contributed by atoms with Gasteiger partial charge in [0.25, 0.3) is 0 Å². The number of alkyl halides is 3. The summed E-state index contributed by atoms with van der Waals surface area (Å²) in [5.74, 6) is -0.136. The Morgan fingerprint density at radius 3 is 1.79 bits per heavy atom. The van der Waals surface area contributed by atoms with E-state index >= 15 is 0 Å². The monoisotopic (exact) mass is 376 g/mol. The fourth-order valence-electron chi connectivity index (χ4n) is 1.84. The molecule has 0 saturated carbocycles. The molecule has 24 heavy (non-hydrogen) atoms. The summed E-state index contributed by atoms with van der Waals surface area (Å²) in [6.07, 6.45) is -4.40. The van der Waals surface area contributed by atoms with E-state index in [2.05, 4.69) is 10.2 Å². The molecule has 2 aromatic rings. The molecule has 128 valence electrons. The summed E-state index contributed by atoms with van der Waals surface area (Å²) in [6.45, 7) is 0. The molecule has 2 aromatic carbocycles. The molecule has 0 saturated heterocycles. The number of guanidine groups is 1. The van der Waals surface area contributed by atoms with Gasteiger partial charge in [0.2, 0.25) is 0 Å². The lowest BCUT2D eigenvalue weighted by Crippen LogP contribution is -3.00. The molecule has 2 rings (SSSR count). The van der Waals surface area contributed by atoms with Crippen LogP contribution in [0.15, 0.2) is 53.6 Å². The molecule has 0 bridgehead atoms. The number of nitrogens with two attached hydrogens (primary N) is 2. The first-order chi connectivity index (χ1) is 10.8.